The third kappa shape index (κ3) is 3.74. The number of hydrogen-bond donors (Lipinski definition) is 4. The summed E-state index contributed by atoms with van der Waals surface area (Å²) >= 11 is 0. The molecule has 3 aromatic carbocycles. The summed E-state index contributed by atoms with van der Waals surface area (Å²) in [5.41, 5.74) is -3.03. The standard InChI is InChI=1S/C18H4B11NO3/c19-3-1(2-4(20)6(22)13(29)18(33)16(2)31)14(17(32)12(28)5(3)21)30-15-10(26)8(24)7(23)9(25)11(15)27/h30-33H. The van der Waals surface area contributed by atoms with Gasteiger partial charge in [0.2, 0.25) is 0 Å². The molecule has 4 nitrogen and oxygen atoms in total. The molecule has 0 unspecified atom stereocenters. The Kier molecular flexibility index (Phi) is 6.67. The van der Waals surface area contributed by atoms with E-state index in [9.17, 15) is 15.3 Å². The lowest BCUT2D eigenvalue weighted by Gasteiger charge is -2.28. The molecule has 22 radical (unpaired) electrons. The molecule has 0 aliphatic rings. The quantitative estimate of drug-likeness (QED) is 0.260. The van der Waals surface area contributed by atoms with E-state index < -0.39 is 17.2 Å². The van der Waals surface area contributed by atoms with Gasteiger partial charge in [0.25, 0.3) is 0 Å². The Labute approximate surface area is 206 Å². The van der Waals surface area contributed by atoms with E-state index in [4.69, 9.17) is 86.3 Å². The maximum atomic E-state index is 10.8. The lowest BCUT2D eigenvalue weighted by Crippen LogP contribution is -2.55. The van der Waals surface area contributed by atoms with Crippen LogP contribution in [0.5, 0.6) is 17.2 Å². The molecule has 0 aliphatic heterocycles. The summed E-state index contributed by atoms with van der Waals surface area (Å²) in [6.45, 7) is 0. The number of nitrogens with one attached hydrogen (secondary N) is 1. The van der Waals surface area contributed by atoms with Crippen LogP contribution in [-0.4, -0.2) is 102 Å². The van der Waals surface area contributed by atoms with Crippen LogP contribution in [0, 0.1) is 0 Å². The summed E-state index contributed by atoms with van der Waals surface area (Å²) in [6.07, 6.45) is 0. The van der Waals surface area contributed by atoms with Gasteiger partial charge in [0, 0.05) is 16.8 Å². The topological polar surface area (TPSA) is 72.7 Å². The Morgan fingerprint density at radius 3 is 1.18 bits per heavy atom. The highest BCUT2D eigenvalue weighted by Gasteiger charge is 2.25. The normalized spacial score (nSPS) is 10.9. The fourth-order valence-corrected chi connectivity index (χ4v) is 3.32. The average Bonchev–Trinajstić information content (AvgIpc) is 2.79. The number of phenols is 3. The molecule has 4 N–H and O–H groups in total. The van der Waals surface area contributed by atoms with Crippen molar-refractivity contribution in [3.63, 3.8) is 0 Å². The molecule has 0 aliphatic carbocycles. The van der Waals surface area contributed by atoms with Gasteiger partial charge >= 0.3 is 0 Å². The minimum atomic E-state index is -0.796. The van der Waals surface area contributed by atoms with Crippen molar-refractivity contribution in [2.24, 2.45) is 0 Å². The molecular weight excluding hydrogens is 397 g/mol. The summed E-state index contributed by atoms with van der Waals surface area (Å²) in [4.78, 5) is 0. The van der Waals surface area contributed by atoms with Crippen LogP contribution < -0.4 is 65.4 Å². The zero-order valence-corrected chi connectivity index (χ0v) is 17.2. The highest BCUT2D eigenvalue weighted by Crippen LogP contribution is 2.39. The van der Waals surface area contributed by atoms with Crippen LogP contribution in [0.3, 0.4) is 0 Å². The number of anilines is 2. The Morgan fingerprint density at radius 1 is 0.333 bits per heavy atom. The zero-order valence-electron chi connectivity index (χ0n) is 17.2. The second-order valence-electron chi connectivity index (χ2n) is 7.22. The summed E-state index contributed by atoms with van der Waals surface area (Å²) in [5.74, 6) is -2.20. The van der Waals surface area contributed by atoms with Crippen LogP contribution in [0.15, 0.2) is 0 Å². The van der Waals surface area contributed by atoms with E-state index in [2.05, 4.69) is 5.32 Å². The molecule has 33 heavy (non-hydrogen) atoms. The minimum Gasteiger partial charge on any atom is -0.506 e. The van der Waals surface area contributed by atoms with E-state index in [1.165, 1.54) is 0 Å². The molecule has 132 valence electrons. The molecule has 0 amide bonds. The van der Waals surface area contributed by atoms with Crippen LogP contribution in [0.1, 0.15) is 0 Å². The molecule has 0 atom stereocenters. The highest BCUT2D eigenvalue weighted by atomic mass is 16.3. The lowest BCUT2D eigenvalue weighted by atomic mass is 9.61. The molecule has 3 rings (SSSR count). The first-order valence-electron chi connectivity index (χ1n) is 9.10. The van der Waals surface area contributed by atoms with Gasteiger partial charge in [-0.1, -0.05) is 32.8 Å². The summed E-state index contributed by atoms with van der Waals surface area (Å²) < 4.78 is 0. The van der Waals surface area contributed by atoms with Gasteiger partial charge in [-0.3, -0.25) is 0 Å². The molecule has 0 aromatic heterocycles. The minimum absolute atomic E-state index is 0.0468. The van der Waals surface area contributed by atoms with E-state index in [1.54, 1.807) is 0 Å². The van der Waals surface area contributed by atoms with Crippen molar-refractivity contribution in [3.8, 4) is 28.4 Å². The number of aromatic hydroxyl groups is 3. The summed E-state index contributed by atoms with van der Waals surface area (Å²) in [6, 6.07) is 0. The van der Waals surface area contributed by atoms with Crippen LogP contribution in [0.25, 0.3) is 11.1 Å². The Morgan fingerprint density at radius 2 is 0.697 bits per heavy atom. The van der Waals surface area contributed by atoms with Gasteiger partial charge in [0.1, 0.15) is 97.8 Å². The maximum Gasteiger partial charge on any atom is 0.164 e. The third-order valence-electron chi connectivity index (χ3n) is 5.36. The number of rotatable bonds is 3. The predicted octanol–water partition coefficient (Wildman–Crippen LogP) is -9.05. The van der Waals surface area contributed by atoms with E-state index in [0.717, 1.165) is 0 Å². The van der Waals surface area contributed by atoms with Crippen molar-refractivity contribution < 1.29 is 15.3 Å². The van der Waals surface area contributed by atoms with E-state index in [-0.39, 0.29) is 82.6 Å². The largest absolute Gasteiger partial charge is 0.506 e. The van der Waals surface area contributed by atoms with Crippen molar-refractivity contribution in [1.82, 2.24) is 0 Å². The molecule has 0 saturated heterocycles. The number of phenolic OH excluding ortho intramolecular Hbond substituents is 3. The van der Waals surface area contributed by atoms with Crippen molar-refractivity contribution >= 4 is 158 Å². The lowest BCUT2D eigenvalue weighted by molar-refractivity contribution is 0.409. The monoisotopic (exact) mass is 403 g/mol. The van der Waals surface area contributed by atoms with Crippen molar-refractivity contribution in [2.75, 3.05) is 5.32 Å². The number of hydrogen-bond acceptors (Lipinski definition) is 4. The van der Waals surface area contributed by atoms with Crippen LogP contribution in [0.4, 0.5) is 11.4 Å². The Balaban J connectivity index is 2.48. The van der Waals surface area contributed by atoms with Gasteiger partial charge in [0.05, 0.1) is 5.69 Å². The van der Waals surface area contributed by atoms with E-state index in [0.29, 0.717) is 0 Å². The molecular formula is C18H4B11NO3. The molecule has 3 aromatic rings. The first kappa shape index (κ1) is 25.2. The summed E-state index contributed by atoms with van der Waals surface area (Å²) in [7, 11) is 65.3. The first-order valence-corrected chi connectivity index (χ1v) is 9.10. The highest BCUT2D eigenvalue weighted by molar-refractivity contribution is 6.69. The average molecular weight is 401 g/mol. The zero-order chi connectivity index (χ0) is 25.1. The Bertz CT molecular complexity index is 1290. The fourth-order valence-electron chi connectivity index (χ4n) is 3.32. The SMILES string of the molecule is [B]c1c([B])c([B])c(Nc2c(O)c([B])c([B])c([B])c2-c2c([B])c([B])c([B])c(O)c2O)c([B])c1[B]. The smallest absolute Gasteiger partial charge is 0.164 e. The Hall–Kier alpha value is -2.43. The summed E-state index contributed by atoms with van der Waals surface area (Å²) in [5, 5.41) is 34.4. The first-order chi connectivity index (χ1) is 15.2. The van der Waals surface area contributed by atoms with Crippen LogP contribution >= 0.6 is 0 Å². The van der Waals surface area contributed by atoms with Crippen molar-refractivity contribution in [3.05, 3.63) is 0 Å². The van der Waals surface area contributed by atoms with Gasteiger partial charge < -0.3 is 20.6 Å². The second kappa shape index (κ2) is 8.74. The van der Waals surface area contributed by atoms with Crippen molar-refractivity contribution in [1.29, 1.82) is 0 Å². The molecule has 0 fully saturated rings. The number of benzene rings is 3. The molecule has 0 heterocycles. The van der Waals surface area contributed by atoms with Gasteiger partial charge in [-0.15, -0.1) is 27.3 Å². The molecule has 0 bridgehead atoms. The molecule has 15 heteroatoms. The van der Waals surface area contributed by atoms with Gasteiger partial charge in [-0.05, 0) is 0 Å². The van der Waals surface area contributed by atoms with Gasteiger partial charge in [-0.2, -0.15) is 0 Å². The van der Waals surface area contributed by atoms with Crippen LogP contribution in [0.2, 0.25) is 0 Å². The van der Waals surface area contributed by atoms with Gasteiger partial charge in [0.15, 0.2) is 5.75 Å². The fraction of sp³-hybridized carbons (Fsp3) is 0. The molecule has 0 spiro atoms. The van der Waals surface area contributed by atoms with E-state index in [1.807, 2.05) is 0 Å². The predicted molar refractivity (Wildman–Crippen MR) is 146 cm³/mol. The maximum absolute atomic E-state index is 10.8. The third-order valence-corrected chi connectivity index (χ3v) is 5.36. The molecule has 0 saturated carbocycles. The van der Waals surface area contributed by atoms with E-state index >= 15 is 0 Å². The van der Waals surface area contributed by atoms with Gasteiger partial charge in [-0.25, -0.2) is 0 Å². The van der Waals surface area contributed by atoms with Crippen LogP contribution in [-0.2, 0) is 0 Å². The van der Waals surface area contributed by atoms with Crippen molar-refractivity contribution in [2.45, 2.75) is 0 Å². The second-order valence-corrected chi connectivity index (χ2v) is 7.22.